The molecule has 14 heavy (non-hydrogen) atoms. The first kappa shape index (κ1) is 13.8. The average molecular weight is 206 g/mol. The molecule has 0 aromatic heterocycles. The smallest absolute Gasteiger partial charge is 0.151 e. The predicted octanol–water partition coefficient (Wildman–Crippen LogP) is 1.26. The van der Waals surface area contributed by atoms with Crippen molar-refractivity contribution in [2.24, 2.45) is 0 Å². The first-order valence-corrected chi connectivity index (χ1v) is 5.22. The molecule has 0 aliphatic carbocycles. The molecule has 0 amide bonds. The van der Waals surface area contributed by atoms with E-state index in [1.54, 1.807) is 13.8 Å². The van der Waals surface area contributed by atoms with E-state index in [0.717, 1.165) is 25.7 Å². The molecule has 4 nitrogen and oxygen atoms in total. The van der Waals surface area contributed by atoms with Gasteiger partial charge in [-0.3, -0.25) is 0 Å². The molecule has 4 heteroatoms. The third-order valence-corrected chi connectivity index (χ3v) is 1.76. The standard InChI is InChI=1S/C10H22O4/c1-9(11)13-7-5-3-4-6-8-14-10(2)12/h9-12H,3-8H2,1-2H3. The van der Waals surface area contributed by atoms with Gasteiger partial charge in [0.15, 0.2) is 12.6 Å². The number of unbranched alkanes of at least 4 members (excludes halogenated alkanes) is 3. The Morgan fingerprint density at radius 1 is 0.786 bits per heavy atom. The van der Waals surface area contributed by atoms with E-state index in [1.165, 1.54) is 0 Å². The van der Waals surface area contributed by atoms with E-state index in [1.807, 2.05) is 0 Å². The van der Waals surface area contributed by atoms with Crippen LogP contribution < -0.4 is 0 Å². The molecular formula is C10H22O4. The largest absolute Gasteiger partial charge is 0.368 e. The topological polar surface area (TPSA) is 58.9 Å². The predicted molar refractivity (Wildman–Crippen MR) is 53.7 cm³/mol. The Bertz CT molecular complexity index is 101. The highest BCUT2D eigenvalue weighted by Crippen LogP contribution is 2.01. The second-order valence-electron chi connectivity index (χ2n) is 3.35. The minimum Gasteiger partial charge on any atom is -0.368 e. The Kier molecular flexibility index (Phi) is 9.29. The summed E-state index contributed by atoms with van der Waals surface area (Å²) < 4.78 is 9.94. The van der Waals surface area contributed by atoms with Crippen molar-refractivity contribution >= 4 is 0 Å². The van der Waals surface area contributed by atoms with E-state index in [9.17, 15) is 0 Å². The van der Waals surface area contributed by atoms with Crippen LogP contribution in [-0.2, 0) is 9.47 Å². The Morgan fingerprint density at radius 3 is 1.43 bits per heavy atom. The van der Waals surface area contributed by atoms with E-state index < -0.39 is 12.6 Å². The van der Waals surface area contributed by atoms with Crippen LogP contribution in [0.2, 0.25) is 0 Å². The van der Waals surface area contributed by atoms with E-state index in [2.05, 4.69) is 0 Å². The maximum absolute atomic E-state index is 8.78. The van der Waals surface area contributed by atoms with Crippen LogP contribution in [0.5, 0.6) is 0 Å². The van der Waals surface area contributed by atoms with Crippen molar-refractivity contribution < 1.29 is 19.7 Å². The first-order chi connectivity index (χ1) is 6.63. The zero-order valence-corrected chi connectivity index (χ0v) is 9.11. The van der Waals surface area contributed by atoms with Crippen LogP contribution in [0.4, 0.5) is 0 Å². The minimum absolute atomic E-state index is 0.606. The van der Waals surface area contributed by atoms with Crippen LogP contribution in [0.15, 0.2) is 0 Å². The summed E-state index contributed by atoms with van der Waals surface area (Å²) >= 11 is 0. The van der Waals surface area contributed by atoms with Crippen LogP contribution in [0, 0.1) is 0 Å². The fourth-order valence-electron chi connectivity index (χ4n) is 1.07. The molecule has 0 bridgehead atoms. The minimum atomic E-state index is -0.659. The zero-order chi connectivity index (χ0) is 10.8. The Balaban J connectivity index is 2.92. The fraction of sp³-hybridized carbons (Fsp3) is 1.00. The monoisotopic (exact) mass is 206 g/mol. The molecule has 0 aliphatic rings. The summed E-state index contributed by atoms with van der Waals surface area (Å²) in [6.45, 7) is 4.43. The lowest BCUT2D eigenvalue weighted by Gasteiger charge is -2.07. The van der Waals surface area contributed by atoms with Gasteiger partial charge in [-0.15, -0.1) is 0 Å². The van der Waals surface area contributed by atoms with Crippen molar-refractivity contribution in [1.29, 1.82) is 0 Å². The van der Waals surface area contributed by atoms with Crippen LogP contribution in [0.3, 0.4) is 0 Å². The molecule has 0 fully saturated rings. The SMILES string of the molecule is CC(O)OCCCCCCOC(C)O. The lowest BCUT2D eigenvalue weighted by atomic mass is 10.2. The van der Waals surface area contributed by atoms with Gasteiger partial charge in [0, 0.05) is 13.2 Å². The average Bonchev–Trinajstić information content (AvgIpc) is 2.08. The van der Waals surface area contributed by atoms with Gasteiger partial charge in [-0.2, -0.15) is 0 Å². The third kappa shape index (κ3) is 11.8. The normalized spacial score (nSPS) is 15.4. The molecule has 0 saturated carbocycles. The van der Waals surface area contributed by atoms with Gasteiger partial charge in [-0.05, 0) is 26.7 Å². The lowest BCUT2D eigenvalue weighted by molar-refractivity contribution is -0.0890. The highest BCUT2D eigenvalue weighted by Gasteiger charge is 1.96. The van der Waals surface area contributed by atoms with Gasteiger partial charge in [0.1, 0.15) is 0 Å². The third-order valence-electron chi connectivity index (χ3n) is 1.76. The molecule has 2 unspecified atom stereocenters. The van der Waals surface area contributed by atoms with Crippen molar-refractivity contribution in [3.63, 3.8) is 0 Å². The zero-order valence-electron chi connectivity index (χ0n) is 9.11. The fourth-order valence-corrected chi connectivity index (χ4v) is 1.07. The maximum atomic E-state index is 8.78. The summed E-state index contributed by atoms with van der Waals surface area (Å²) in [5, 5.41) is 17.6. The number of hydrogen-bond donors (Lipinski definition) is 2. The summed E-state index contributed by atoms with van der Waals surface area (Å²) in [6.07, 6.45) is 2.73. The summed E-state index contributed by atoms with van der Waals surface area (Å²) in [5.41, 5.74) is 0. The maximum Gasteiger partial charge on any atom is 0.151 e. The van der Waals surface area contributed by atoms with E-state index in [4.69, 9.17) is 19.7 Å². The summed E-state index contributed by atoms with van der Waals surface area (Å²) in [4.78, 5) is 0. The molecule has 0 aromatic rings. The number of rotatable bonds is 9. The molecule has 0 saturated heterocycles. The number of aliphatic hydroxyl groups excluding tert-OH is 2. The van der Waals surface area contributed by atoms with Crippen LogP contribution >= 0.6 is 0 Å². The Morgan fingerprint density at radius 2 is 1.14 bits per heavy atom. The molecule has 0 heterocycles. The first-order valence-electron chi connectivity index (χ1n) is 5.22. The van der Waals surface area contributed by atoms with Gasteiger partial charge in [0.2, 0.25) is 0 Å². The second kappa shape index (κ2) is 9.40. The van der Waals surface area contributed by atoms with E-state index in [-0.39, 0.29) is 0 Å². The molecule has 0 aliphatic heterocycles. The summed E-state index contributed by atoms with van der Waals surface area (Å²) in [7, 11) is 0. The Labute approximate surface area is 85.8 Å². The molecule has 0 rings (SSSR count). The highest BCUT2D eigenvalue weighted by atomic mass is 16.6. The molecule has 0 aromatic carbocycles. The quantitative estimate of drug-likeness (QED) is 0.440. The van der Waals surface area contributed by atoms with Gasteiger partial charge < -0.3 is 19.7 Å². The van der Waals surface area contributed by atoms with Gasteiger partial charge in [-0.1, -0.05) is 12.8 Å². The van der Waals surface area contributed by atoms with Crippen molar-refractivity contribution in [2.45, 2.75) is 52.1 Å². The van der Waals surface area contributed by atoms with Crippen LogP contribution in [-0.4, -0.2) is 36.0 Å². The van der Waals surface area contributed by atoms with Crippen molar-refractivity contribution in [3.05, 3.63) is 0 Å². The molecular weight excluding hydrogens is 184 g/mol. The number of ether oxygens (including phenoxy) is 2. The van der Waals surface area contributed by atoms with Gasteiger partial charge in [-0.25, -0.2) is 0 Å². The number of hydrogen-bond acceptors (Lipinski definition) is 4. The van der Waals surface area contributed by atoms with Crippen LogP contribution in [0.1, 0.15) is 39.5 Å². The highest BCUT2D eigenvalue weighted by molar-refractivity contribution is 4.43. The molecule has 86 valence electrons. The molecule has 2 N–H and O–H groups in total. The Hall–Kier alpha value is -0.160. The molecule has 2 atom stereocenters. The van der Waals surface area contributed by atoms with Gasteiger partial charge >= 0.3 is 0 Å². The van der Waals surface area contributed by atoms with E-state index in [0.29, 0.717) is 13.2 Å². The van der Waals surface area contributed by atoms with Crippen molar-refractivity contribution in [2.75, 3.05) is 13.2 Å². The van der Waals surface area contributed by atoms with E-state index >= 15 is 0 Å². The lowest BCUT2D eigenvalue weighted by Crippen LogP contribution is -2.08. The van der Waals surface area contributed by atoms with Gasteiger partial charge in [0.25, 0.3) is 0 Å². The number of aliphatic hydroxyl groups is 2. The van der Waals surface area contributed by atoms with Crippen LogP contribution in [0.25, 0.3) is 0 Å². The summed E-state index contributed by atoms with van der Waals surface area (Å²) in [5.74, 6) is 0. The molecule has 0 spiro atoms. The summed E-state index contributed by atoms with van der Waals surface area (Å²) in [6, 6.07) is 0. The van der Waals surface area contributed by atoms with Crippen molar-refractivity contribution in [1.82, 2.24) is 0 Å². The second-order valence-corrected chi connectivity index (χ2v) is 3.35. The molecule has 0 radical (unpaired) electrons. The van der Waals surface area contributed by atoms with Crippen molar-refractivity contribution in [3.8, 4) is 0 Å². The van der Waals surface area contributed by atoms with Gasteiger partial charge in [0.05, 0.1) is 0 Å².